The van der Waals surface area contributed by atoms with Crippen molar-refractivity contribution < 1.29 is 9.90 Å². The van der Waals surface area contributed by atoms with Crippen LogP contribution in [0, 0.1) is 19.8 Å². The lowest BCUT2D eigenvalue weighted by Gasteiger charge is -2.16. The molecule has 1 fully saturated rings. The van der Waals surface area contributed by atoms with E-state index in [-0.39, 0.29) is 11.8 Å². The zero-order chi connectivity index (χ0) is 16.4. The first-order valence-corrected chi connectivity index (χ1v) is 7.57. The summed E-state index contributed by atoms with van der Waals surface area (Å²) in [5.41, 5.74) is 1.96. The molecule has 0 radical (unpaired) electrons. The highest BCUT2D eigenvalue weighted by molar-refractivity contribution is 5.92. The molecule has 1 aliphatic rings. The second-order valence-corrected chi connectivity index (χ2v) is 5.88. The number of aromatic nitrogens is 4. The van der Waals surface area contributed by atoms with E-state index >= 15 is 0 Å². The SMILES string of the molecule is Cc1cc(C(=O)N2C[C@@H](Cc3cnccn3)[C@H](O)C2)nc(C)n1. The van der Waals surface area contributed by atoms with Gasteiger partial charge in [0.1, 0.15) is 11.5 Å². The molecule has 2 aromatic heterocycles. The monoisotopic (exact) mass is 313 g/mol. The van der Waals surface area contributed by atoms with Crippen molar-refractivity contribution in [2.24, 2.45) is 5.92 Å². The Hall–Kier alpha value is -2.41. The van der Waals surface area contributed by atoms with Crippen molar-refractivity contribution in [1.82, 2.24) is 24.8 Å². The van der Waals surface area contributed by atoms with Gasteiger partial charge in [-0.25, -0.2) is 9.97 Å². The minimum Gasteiger partial charge on any atom is -0.391 e. The fourth-order valence-electron chi connectivity index (χ4n) is 2.91. The third kappa shape index (κ3) is 3.50. The smallest absolute Gasteiger partial charge is 0.272 e. The van der Waals surface area contributed by atoms with Gasteiger partial charge in [-0.3, -0.25) is 14.8 Å². The summed E-state index contributed by atoms with van der Waals surface area (Å²) in [6.45, 7) is 4.39. The first-order chi connectivity index (χ1) is 11.0. The van der Waals surface area contributed by atoms with E-state index in [2.05, 4.69) is 19.9 Å². The van der Waals surface area contributed by atoms with Gasteiger partial charge < -0.3 is 10.0 Å². The molecule has 2 aromatic rings. The Labute approximate surface area is 134 Å². The Morgan fingerprint density at radius 3 is 2.83 bits per heavy atom. The van der Waals surface area contributed by atoms with Crippen molar-refractivity contribution in [2.45, 2.75) is 26.4 Å². The highest BCUT2D eigenvalue weighted by Crippen LogP contribution is 2.22. The number of β-amino-alcohol motifs (C(OH)–C–C–N with tert-alkyl or cyclic N) is 1. The number of nitrogens with zero attached hydrogens (tertiary/aromatic N) is 5. The number of hydrogen-bond acceptors (Lipinski definition) is 6. The Bertz CT molecular complexity index is 687. The molecule has 7 nitrogen and oxygen atoms in total. The van der Waals surface area contributed by atoms with Crippen molar-refractivity contribution >= 4 is 5.91 Å². The van der Waals surface area contributed by atoms with Crippen molar-refractivity contribution in [3.63, 3.8) is 0 Å². The number of likely N-dealkylation sites (tertiary alicyclic amines) is 1. The standard InChI is InChI=1S/C16H19N5O2/c1-10-5-14(20-11(2)19-10)16(23)21-8-12(15(22)9-21)6-13-7-17-3-4-18-13/h3-5,7,12,15,22H,6,8-9H2,1-2H3/t12-,15-/m1/s1. The van der Waals surface area contributed by atoms with Gasteiger partial charge in [0.2, 0.25) is 0 Å². The van der Waals surface area contributed by atoms with E-state index in [1.807, 2.05) is 6.92 Å². The van der Waals surface area contributed by atoms with E-state index in [9.17, 15) is 9.90 Å². The summed E-state index contributed by atoms with van der Waals surface area (Å²) in [4.78, 5) is 30.9. The third-order valence-electron chi connectivity index (χ3n) is 3.97. The fourth-order valence-corrected chi connectivity index (χ4v) is 2.91. The van der Waals surface area contributed by atoms with Crippen LogP contribution in [0.4, 0.5) is 0 Å². The van der Waals surface area contributed by atoms with Crippen LogP contribution in [0.1, 0.15) is 27.7 Å². The van der Waals surface area contributed by atoms with Gasteiger partial charge in [-0.2, -0.15) is 0 Å². The number of rotatable bonds is 3. The van der Waals surface area contributed by atoms with E-state index in [4.69, 9.17) is 0 Å². The van der Waals surface area contributed by atoms with Crippen molar-refractivity contribution in [2.75, 3.05) is 13.1 Å². The third-order valence-corrected chi connectivity index (χ3v) is 3.97. The Morgan fingerprint density at radius 1 is 1.30 bits per heavy atom. The molecule has 7 heteroatoms. The minimum absolute atomic E-state index is 0.0420. The number of carbonyl (C=O) groups excluding carboxylic acids is 1. The second kappa shape index (κ2) is 6.37. The minimum atomic E-state index is -0.565. The van der Waals surface area contributed by atoms with Crippen molar-refractivity contribution in [3.05, 3.63) is 47.6 Å². The summed E-state index contributed by atoms with van der Waals surface area (Å²) in [5, 5.41) is 10.3. The van der Waals surface area contributed by atoms with E-state index in [1.54, 1.807) is 36.5 Å². The van der Waals surface area contributed by atoms with E-state index in [0.717, 1.165) is 11.4 Å². The zero-order valence-electron chi connectivity index (χ0n) is 13.2. The molecule has 1 N–H and O–H groups in total. The number of aliphatic hydroxyl groups is 1. The predicted molar refractivity (Wildman–Crippen MR) is 82.6 cm³/mol. The van der Waals surface area contributed by atoms with Crippen LogP contribution in [-0.4, -0.2) is 55.0 Å². The molecule has 120 valence electrons. The molecule has 0 unspecified atom stereocenters. The molecule has 1 aliphatic heterocycles. The van der Waals surface area contributed by atoms with Gasteiger partial charge in [0, 0.05) is 43.3 Å². The topological polar surface area (TPSA) is 92.1 Å². The van der Waals surface area contributed by atoms with Gasteiger partial charge in [0.25, 0.3) is 5.91 Å². The summed E-state index contributed by atoms with van der Waals surface area (Å²) in [6, 6.07) is 1.68. The lowest BCUT2D eigenvalue weighted by Crippen LogP contribution is -2.30. The molecule has 1 saturated heterocycles. The molecule has 0 spiro atoms. The fraction of sp³-hybridized carbons (Fsp3) is 0.438. The van der Waals surface area contributed by atoms with Crippen LogP contribution in [0.5, 0.6) is 0 Å². The molecule has 23 heavy (non-hydrogen) atoms. The lowest BCUT2D eigenvalue weighted by atomic mass is 10.0. The molecule has 2 atom stereocenters. The van der Waals surface area contributed by atoms with Crippen LogP contribution in [0.25, 0.3) is 0 Å². The summed E-state index contributed by atoms with van der Waals surface area (Å²) < 4.78 is 0. The Morgan fingerprint density at radius 2 is 2.13 bits per heavy atom. The molecule has 3 heterocycles. The van der Waals surface area contributed by atoms with Crippen LogP contribution in [0.2, 0.25) is 0 Å². The molecule has 0 saturated carbocycles. The zero-order valence-corrected chi connectivity index (χ0v) is 13.2. The van der Waals surface area contributed by atoms with E-state index in [0.29, 0.717) is 31.0 Å². The quantitative estimate of drug-likeness (QED) is 0.890. The second-order valence-electron chi connectivity index (χ2n) is 5.88. The summed E-state index contributed by atoms with van der Waals surface area (Å²) >= 11 is 0. The average molecular weight is 313 g/mol. The summed E-state index contributed by atoms with van der Waals surface area (Å²) in [5.74, 6) is 0.364. The molecule has 0 bridgehead atoms. The van der Waals surface area contributed by atoms with Crippen molar-refractivity contribution in [1.29, 1.82) is 0 Å². The van der Waals surface area contributed by atoms with Crippen LogP contribution < -0.4 is 0 Å². The largest absolute Gasteiger partial charge is 0.391 e. The molecule has 0 aliphatic carbocycles. The number of amides is 1. The normalized spacial score (nSPS) is 20.7. The summed E-state index contributed by atoms with van der Waals surface area (Å²) in [7, 11) is 0. The molecule has 1 amide bonds. The highest BCUT2D eigenvalue weighted by atomic mass is 16.3. The number of hydrogen-bond donors (Lipinski definition) is 1. The molecule has 3 rings (SSSR count). The van der Waals surface area contributed by atoms with Gasteiger partial charge in [0.15, 0.2) is 0 Å². The Balaban J connectivity index is 1.71. The number of aliphatic hydroxyl groups excluding tert-OH is 1. The van der Waals surface area contributed by atoms with Crippen LogP contribution >= 0.6 is 0 Å². The maximum Gasteiger partial charge on any atom is 0.272 e. The molecular formula is C16H19N5O2. The predicted octanol–water partition coefficient (Wildman–Crippen LogP) is 0.559. The molecular weight excluding hydrogens is 294 g/mol. The van der Waals surface area contributed by atoms with E-state index < -0.39 is 6.10 Å². The van der Waals surface area contributed by atoms with Crippen LogP contribution in [-0.2, 0) is 6.42 Å². The van der Waals surface area contributed by atoms with Gasteiger partial charge >= 0.3 is 0 Å². The first-order valence-electron chi connectivity index (χ1n) is 7.57. The molecule has 0 aromatic carbocycles. The van der Waals surface area contributed by atoms with Gasteiger partial charge in [-0.05, 0) is 26.3 Å². The average Bonchev–Trinajstić information content (AvgIpc) is 2.87. The van der Waals surface area contributed by atoms with Crippen LogP contribution in [0.15, 0.2) is 24.7 Å². The number of aryl methyl sites for hydroxylation is 2. The maximum absolute atomic E-state index is 12.6. The maximum atomic E-state index is 12.6. The van der Waals surface area contributed by atoms with Crippen molar-refractivity contribution in [3.8, 4) is 0 Å². The van der Waals surface area contributed by atoms with E-state index in [1.165, 1.54) is 0 Å². The lowest BCUT2D eigenvalue weighted by molar-refractivity contribution is 0.0758. The first kappa shape index (κ1) is 15.5. The summed E-state index contributed by atoms with van der Waals surface area (Å²) in [6.07, 6.45) is 4.97. The highest BCUT2D eigenvalue weighted by Gasteiger charge is 2.35. The van der Waals surface area contributed by atoms with Crippen LogP contribution in [0.3, 0.4) is 0 Å². The number of carbonyl (C=O) groups is 1. The van der Waals surface area contributed by atoms with Gasteiger partial charge in [-0.15, -0.1) is 0 Å². The van der Waals surface area contributed by atoms with Gasteiger partial charge in [-0.1, -0.05) is 0 Å². The van der Waals surface area contributed by atoms with Gasteiger partial charge in [0.05, 0.1) is 11.8 Å². The Kier molecular flexibility index (Phi) is 4.29.